The van der Waals surface area contributed by atoms with Crippen LogP contribution >= 0.6 is 23.1 Å². The van der Waals surface area contributed by atoms with Gasteiger partial charge in [-0.2, -0.15) is 0 Å². The molecule has 1 saturated heterocycles. The molecule has 42 heavy (non-hydrogen) atoms. The summed E-state index contributed by atoms with van der Waals surface area (Å²) in [7, 11) is 0. The quantitative estimate of drug-likeness (QED) is 0.164. The van der Waals surface area contributed by atoms with Crippen LogP contribution in [0.15, 0.2) is 120 Å². The Kier molecular flexibility index (Phi) is 8.03. The Bertz CT molecular complexity index is 1600. The minimum atomic E-state index is -0.808. The van der Waals surface area contributed by atoms with Crippen molar-refractivity contribution in [1.82, 2.24) is 10.2 Å². The summed E-state index contributed by atoms with van der Waals surface area (Å²) in [5, 5.41) is 4.18. The van der Waals surface area contributed by atoms with Crippen molar-refractivity contribution in [1.29, 1.82) is 0 Å². The number of fused-ring (bicyclic) bond motifs is 1. The molecule has 1 aromatic heterocycles. The van der Waals surface area contributed by atoms with Crippen molar-refractivity contribution in [3.63, 3.8) is 0 Å². The van der Waals surface area contributed by atoms with Crippen LogP contribution in [0, 0.1) is 0 Å². The second-order valence-electron chi connectivity index (χ2n) is 9.84. The number of thiophene rings is 1. The number of β-lactam (4-membered cyclic amide) rings is 1. The number of thioether (sulfide) groups is 1. The number of benzene rings is 3. The van der Waals surface area contributed by atoms with Gasteiger partial charge in [0.25, 0.3) is 5.91 Å². The van der Waals surface area contributed by atoms with Gasteiger partial charge < -0.3 is 10.1 Å². The molecule has 0 aliphatic carbocycles. The summed E-state index contributed by atoms with van der Waals surface area (Å²) in [4.78, 5) is 56.2. The molecule has 2 amide bonds. The highest BCUT2D eigenvalue weighted by Gasteiger charge is 2.55. The fraction of sp³-hybridized carbons (Fsp3) is 0.152. The van der Waals surface area contributed by atoms with Crippen LogP contribution in [-0.2, 0) is 25.5 Å². The highest BCUT2D eigenvalue weighted by molar-refractivity contribution is 8.00. The van der Waals surface area contributed by atoms with Crippen LogP contribution in [-0.4, -0.2) is 45.6 Å². The lowest BCUT2D eigenvalue weighted by molar-refractivity contribution is -0.154. The van der Waals surface area contributed by atoms with E-state index in [1.54, 1.807) is 30.3 Å². The third-order valence-corrected chi connectivity index (χ3v) is 9.29. The maximum absolute atomic E-state index is 14.1. The van der Waals surface area contributed by atoms with Crippen molar-refractivity contribution < 1.29 is 23.9 Å². The third-order valence-electron chi connectivity index (χ3n) is 7.13. The largest absolute Gasteiger partial charge is 0.448 e. The molecule has 1 unspecified atom stereocenters. The molecule has 2 atom stereocenters. The number of carbonyl (C=O) groups excluding carboxylic acids is 4. The molecule has 1 fully saturated rings. The van der Waals surface area contributed by atoms with E-state index in [4.69, 9.17) is 4.74 Å². The highest BCUT2D eigenvalue weighted by atomic mass is 32.2. The minimum absolute atomic E-state index is 0.0711. The molecular weight excluding hydrogens is 569 g/mol. The first-order valence-electron chi connectivity index (χ1n) is 13.4. The molecule has 210 valence electrons. The fourth-order valence-electron chi connectivity index (χ4n) is 5.09. The monoisotopic (exact) mass is 594 g/mol. The summed E-state index contributed by atoms with van der Waals surface area (Å²) in [6.45, 7) is 0. The Morgan fingerprint density at radius 1 is 0.857 bits per heavy atom. The SMILES string of the molecule is O=C(Cc1cccs1)NC1C(=O)N2C(C(=O)OC(c3ccccc3)c3ccccc3)=C(C(=O)c3ccccc3)CS[C@H]12. The number of esters is 1. The predicted octanol–water partition coefficient (Wildman–Crippen LogP) is 5.16. The normalized spacial score (nSPS) is 17.8. The van der Waals surface area contributed by atoms with E-state index in [1.165, 1.54) is 28.0 Å². The lowest BCUT2D eigenvalue weighted by Gasteiger charge is -2.49. The second-order valence-corrected chi connectivity index (χ2v) is 12.0. The highest BCUT2D eigenvalue weighted by Crippen LogP contribution is 2.42. The average molecular weight is 595 g/mol. The van der Waals surface area contributed by atoms with Crippen LogP contribution in [0.4, 0.5) is 0 Å². The van der Waals surface area contributed by atoms with Crippen LogP contribution in [0.1, 0.15) is 32.5 Å². The summed E-state index contributed by atoms with van der Waals surface area (Å²) in [6, 6.07) is 30.2. The predicted molar refractivity (Wildman–Crippen MR) is 162 cm³/mol. The standard InChI is InChI=1S/C33H26N2O5S2/c36-26(19-24-17-10-18-41-24)34-27-31(38)35-28(25(20-42-32(27)35)29(37)21-11-4-1-5-12-21)33(39)40-30(22-13-6-2-7-14-22)23-15-8-3-9-16-23/h1-18,27,30,32H,19-20H2,(H,34,36)/t27?,32-/m1/s1. The van der Waals surface area contributed by atoms with E-state index in [0.717, 1.165) is 16.0 Å². The van der Waals surface area contributed by atoms with Crippen LogP contribution in [0.3, 0.4) is 0 Å². The van der Waals surface area contributed by atoms with Crippen molar-refractivity contribution in [2.75, 3.05) is 5.75 Å². The van der Waals surface area contributed by atoms with Crippen molar-refractivity contribution in [3.05, 3.63) is 141 Å². The number of ketones is 1. The van der Waals surface area contributed by atoms with E-state index >= 15 is 0 Å². The molecule has 2 aliphatic rings. The summed E-state index contributed by atoms with van der Waals surface area (Å²) >= 11 is 2.81. The Labute approximate surface area is 251 Å². The zero-order valence-corrected chi connectivity index (χ0v) is 24.0. The lowest BCUT2D eigenvalue weighted by Crippen LogP contribution is -2.70. The van der Waals surface area contributed by atoms with E-state index in [9.17, 15) is 19.2 Å². The summed E-state index contributed by atoms with van der Waals surface area (Å²) in [5.41, 5.74) is 2.04. The van der Waals surface area contributed by atoms with Crippen LogP contribution in [0.25, 0.3) is 0 Å². The molecule has 0 bridgehead atoms. The fourth-order valence-corrected chi connectivity index (χ4v) is 7.13. The average Bonchev–Trinajstić information content (AvgIpc) is 3.55. The van der Waals surface area contributed by atoms with Crippen molar-refractivity contribution >= 4 is 46.7 Å². The zero-order valence-electron chi connectivity index (χ0n) is 22.3. The van der Waals surface area contributed by atoms with Gasteiger partial charge in [-0.25, -0.2) is 4.79 Å². The van der Waals surface area contributed by atoms with E-state index < -0.39 is 29.4 Å². The second kappa shape index (κ2) is 12.2. The minimum Gasteiger partial charge on any atom is -0.448 e. The number of rotatable bonds is 9. The Morgan fingerprint density at radius 3 is 2.07 bits per heavy atom. The lowest BCUT2D eigenvalue weighted by atomic mass is 9.97. The molecule has 3 aromatic carbocycles. The van der Waals surface area contributed by atoms with Crippen molar-refractivity contribution in [2.45, 2.75) is 23.9 Å². The molecule has 3 heterocycles. The number of nitrogens with one attached hydrogen (secondary N) is 1. The van der Waals surface area contributed by atoms with Gasteiger partial charge in [0.1, 0.15) is 17.1 Å². The van der Waals surface area contributed by atoms with Gasteiger partial charge in [0.15, 0.2) is 11.9 Å². The van der Waals surface area contributed by atoms with Crippen LogP contribution in [0.2, 0.25) is 0 Å². The number of hydrogen-bond donors (Lipinski definition) is 1. The number of nitrogens with zero attached hydrogens (tertiary/aromatic N) is 1. The molecule has 4 aromatic rings. The number of ether oxygens (including phenoxy) is 1. The van der Waals surface area contributed by atoms with Gasteiger partial charge >= 0.3 is 5.97 Å². The van der Waals surface area contributed by atoms with Crippen LogP contribution in [0.5, 0.6) is 0 Å². The van der Waals surface area contributed by atoms with E-state index in [1.807, 2.05) is 78.2 Å². The molecule has 0 saturated carbocycles. The zero-order chi connectivity index (χ0) is 29.1. The van der Waals surface area contributed by atoms with Gasteiger partial charge in [0.05, 0.1) is 6.42 Å². The smallest absolute Gasteiger partial charge is 0.356 e. The summed E-state index contributed by atoms with van der Waals surface area (Å²) in [6.07, 6.45) is -0.594. The van der Waals surface area contributed by atoms with Gasteiger partial charge in [-0.05, 0) is 22.6 Å². The first kappa shape index (κ1) is 27.7. The Balaban J connectivity index is 1.32. The van der Waals surface area contributed by atoms with Crippen molar-refractivity contribution in [2.24, 2.45) is 0 Å². The van der Waals surface area contributed by atoms with Gasteiger partial charge in [0.2, 0.25) is 5.91 Å². The number of carbonyl (C=O) groups is 4. The van der Waals surface area contributed by atoms with Gasteiger partial charge in [0, 0.05) is 21.8 Å². The van der Waals surface area contributed by atoms with E-state index in [-0.39, 0.29) is 35.1 Å². The van der Waals surface area contributed by atoms with Gasteiger partial charge in [-0.3, -0.25) is 19.3 Å². The maximum atomic E-state index is 14.1. The maximum Gasteiger partial charge on any atom is 0.356 e. The number of hydrogen-bond acceptors (Lipinski definition) is 7. The van der Waals surface area contributed by atoms with E-state index in [2.05, 4.69) is 5.32 Å². The first-order chi connectivity index (χ1) is 20.5. The molecular formula is C33H26N2O5S2. The van der Waals surface area contributed by atoms with Crippen LogP contribution < -0.4 is 5.32 Å². The molecule has 0 spiro atoms. The molecule has 6 rings (SSSR count). The van der Waals surface area contributed by atoms with Gasteiger partial charge in [-0.15, -0.1) is 23.1 Å². The molecule has 2 aliphatic heterocycles. The molecule has 7 nitrogen and oxygen atoms in total. The van der Waals surface area contributed by atoms with Gasteiger partial charge in [-0.1, -0.05) is 97.1 Å². The van der Waals surface area contributed by atoms with Crippen molar-refractivity contribution in [3.8, 4) is 0 Å². The Morgan fingerprint density at radius 2 is 1.48 bits per heavy atom. The third kappa shape index (κ3) is 5.53. The summed E-state index contributed by atoms with van der Waals surface area (Å²) in [5.74, 6) is -1.65. The molecule has 9 heteroatoms. The first-order valence-corrected chi connectivity index (χ1v) is 15.3. The number of amides is 2. The Hall–Kier alpha value is -4.47. The number of Topliss-reactive ketones (excluding diaryl/α,β-unsaturated/α-hetero) is 1. The molecule has 1 N–H and O–H groups in total. The topological polar surface area (TPSA) is 92.8 Å². The van der Waals surface area contributed by atoms with E-state index in [0.29, 0.717) is 5.56 Å². The molecule has 0 radical (unpaired) electrons. The summed E-state index contributed by atoms with van der Waals surface area (Å²) < 4.78 is 6.13.